The number of hydrogen-bond donors (Lipinski definition) is 1. The largest absolute Gasteiger partial charge is 0.545 e. The summed E-state index contributed by atoms with van der Waals surface area (Å²) >= 11 is 0. The number of fused-ring (bicyclic) bond motifs is 1. The van der Waals surface area contributed by atoms with Crippen LogP contribution in [0.15, 0.2) is 45.4 Å². The Bertz CT molecular complexity index is 857. The third-order valence-electron chi connectivity index (χ3n) is 3.83. The normalized spacial score (nSPS) is 15.9. The van der Waals surface area contributed by atoms with E-state index in [1.54, 1.807) is 18.2 Å². The molecule has 0 aliphatic carbocycles. The number of carboxylic acid groups (broad SMARTS) is 2. The second-order valence-electron chi connectivity index (χ2n) is 5.19. The van der Waals surface area contributed by atoms with Crippen LogP contribution in [0.1, 0.15) is 25.3 Å². The Labute approximate surface area is 130 Å². The van der Waals surface area contributed by atoms with Gasteiger partial charge >= 0.3 is 0 Å². The molecule has 2 aromatic rings. The van der Waals surface area contributed by atoms with Crippen molar-refractivity contribution in [3.8, 4) is 0 Å². The minimum absolute atomic E-state index is 0.190. The highest BCUT2D eigenvalue weighted by atomic mass is 16.6. The smallest absolute Gasteiger partial charge is 0.139 e. The van der Waals surface area contributed by atoms with Gasteiger partial charge in [-0.1, -0.05) is 12.1 Å². The zero-order valence-corrected chi connectivity index (χ0v) is 12.2. The first-order valence-corrected chi connectivity index (χ1v) is 6.74. The molecule has 1 aromatic carbocycles. The fourth-order valence-electron chi connectivity index (χ4n) is 2.91. The summed E-state index contributed by atoms with van der Waals surface area (Å²) in [5.74, 6) is -4.04. The molecule has 0 saturated heterocycles. The topological polar surface area (TPSA) is 131 Å². The number of hydrogen-bond acceptors (Lipinski definition) is 8. The Kier molecular flexibility index (Phi) is 3.36. The van der Waals surface area contributed by atoms with Crippen LogP contribution in [0, 0.1) is 0 Å². The molecule has 0 unspecified atom stereocenters. The summed E-state index contributed by atoms with van der Waals surface area (Å²) < 4.78 is 4.67. The number of carboxylic acids is 2. The van der Waals surface area contributed by atoms with E-state index >= 15 is 0 Å². The Balaban J connectivity index is 2.33. The van der Waals surface area contributed by atoms with Crippen LogP contribution in [-0.4, -0.2) is 22.3 Å². The molecule has 0 spiro atoms. The summed E-state index contributed by atoms with van der Waals surface area (Å²) in [5, 5.41) is 33.4. The Hall–Kier alpha value is -3.16. The van der Waals surface area contributed by atoms with Crippen molar-refractivity contribution in [1.29, 1.82) is 0 Å². The zero-order chi connectivity index (χ0) is 16.7. The van der Waals surface area contributed by atoms with Crippen molar-refractivity contribution < 1.29 is 24.4 Å². The quantitative estimate of drug-likeness (QED) is 0.760. The lowest BCUT2D eigenvalue weighted by Crippen LogP contribution is -2.40. The van der Waals surface area contributed by atoms with Gasteiger partial charge in [0.2, 0.25) is 0 Å². The molecule has 0 radical (unpaired) electrons. The highest BCUT2D eigenvalue weighted by molar-refractivity contribution is 5.98. The van der Waals surface area contributed by atoms with Crippen LogP contribution in [0.4, 0.5) is 0 Å². The maximum absolute atomic E-state index is 11.6. The maximum Gasteiger partial charge on any atom is 0.139 e. The molecule has 23 heavy (non-hydrogen) atoms. The number of aliphatic carboxylic acids is 2. The second-order valence-corrected chi connectivity index (χ2v) is 5.19. The summed E-state index contributed by atoms with van der Waals surface area (Å²) in [4.78, 5) is 23.2. The third kappa shape index (κ3) is 2.24. The average Bonchev–Trinajstić information content (AvgIpc) is 2.93. The standard InChI is InChI=1S/C15H13N3O5/c1-6-10(14(19)20)12(11(15(21)22)7(2)16-6)8-4-3-5-9-13(8)18-23-17-9/h3-5,12,16H,1-2H3,(H,19,20)(H,21,22)/p-2. The van der Waals surface area contributed by atoms with Crippen LogP contribution in [0.2, 0.25) is 0 Å². The van der Waals surface area contributed by atoms with Crippen molar-refractivity contribution in [1.82, 2.24) is 15.6 Å². The molecular weight excluding hydrogens is 302 g/mol. The molecule has 1 aliphatic rings. The summed E-state index contributed by atoms with van der Waals surface area (Å²) in [7, 11) is 0. The number of allylic oxidation sites excluding steroid dienone is 2. The number of nitrogens with one attached hydrogen (secondary N) is 1. The van der Waals surface area contributed by atoms with Crippen molar-refractivity contribution in [2.24, 2.45) is 0 Å². The molecule has 0 bridgehead atoms. The number of aromatic nitrogens is 2. The molecular formula is C15H11N3O5-2. The SMILES string of the molecule is CC1=C(C(=O)[O-])C(c2cccc3nonc23)C(C(=O)[O-])=C(C)N1. The molecule has 0 atom stereocenters. The first-order valence-electron chi connectivity index (χ1n) is 6.74. The number of nitrogens with zero attached hydrogens (tertiary/aromatic N) is 2. The first-order chi connectivity index (χ1) is 10.9. The molecule has 1 aromatic heterocycles. The number of dihydropyridines is 1. The lowest BCUT2D eigenvalue weighted by molar-refractivity contribution is -0.300. The molecule has 118 valence electrons. The van der Waals surface area contributed by atoms with Gasteiger partial charge in [0.25, 0.3) is 0 Å². The van der Waals surface area contributed by atoms with Crippen LogP contribution in [0.25, 0.3) is 11.0 Å². The Morgan fingerprint density at radius 2 is 1.70 bits per heavy atom. The van der Waals surface area contributed by atoms with E-state index in [9.17, 15) is 19.8 Å². The van der Waals surface area contributed by atoms with Gasteiger partial charge in [0.1, 0.15) is 11.0 Å². The van der Waals surface area contributed by atoms with Gasteiger partial charge < -0.3 is 25.1 Å². The highest BCUT2D eigenvalue weighted by Gasteiger charge is 2.32. The third-order valence-corrected chi connectivity index (χ3v) is 3.83. The van der Waals surface area contributed by atoms with E-state index in [0.717, 1.165) is 0 Å². The van der Waals surface area contributed by atoms with Gasteiger partial charge in [0, 0.05) is 28.5 Å². The lowest BCUT2D eigenvalue weighted by atomic mass is 9.80. The minimum atomic E-state index is -1.47. The fraction of sp³-hybridized carbons (Fsp3) is 0.200. The number of carbonyl (C=O) groups is 2. The van der Waals surface area contributed by atoms with Gasteiger partial charge in [-0.05, 0) is 35.8 Å². The van der Waals surface area contributed by atoms with Crippen molar-refractivity contribution in [2.75, 3.05) is 0 Å². The minimum Gasteiger partial charge on any atom is -0.545 e. The first kappa shape index (κ1) is 14.8. The number of benzene rings is 1. The lowest BCUT2D eigenvalue weighted by Gasteiger charge is -2.33. The van der Waals surface area contributed by atoms with E-state index in [2.05, 4.69) is 20.3 Å². The van der Waals surface area contributed by atoms with E-state index in [0.29, 0.717) is 22.5 Å². The predicted molar refractivity (Wildman–Crippen MR) is 73.1 cm³/mol. The van der Waals surface area contributed by atoms with E-state index in [1.807, 2.05) is 0 Å². The van der Waals surface area contributed by atoms with Gasteiger partial charge in [-0.25, -0.2) is 4.63 Å². The van der Waals surface area contributed by atoms with Crippen LogP contribution >= 0.6 is 0 Å². The molecule has 1 N–H and O–H groups in total. The molecule has 3 rings (SSSR count). The van der Waals surface area contributed by atoms with E-state index in [-0.39, 0.29) is 16.7 Å². The summed E-state index contributed by atoms with van der Waals surface area (Å²) in [6.07, 6.45) is 0. The van der Waals surface area contributed by atoms with Gasteiger partial charge in [0.05, 0.1) is 11.9 Å². The molecule has 0 amide bonds. The molecule has 8 nitrogen and oxygen atoms in total. The molecule has 1 aliphatic heterocycles. The van der Waals surface area contributed by atoms with Crippen molar-refractivity contribution in [2.45, 2.75) is 19.8 Å². The van der Waals surface area contributed by atoms with Crippen LogP contribution < -0.4 is 15.5 Å². The van der Waals surface area contributed by atoms with Gasteiger partial charge in [-0.3, -0.25) is 0 Å². The summed E-state index contributed by atoms with van der Waals surface area (Å²) in [6, 6.07) is 4.82. The fourth-order valence-corrected chi connectivity index (χ4v) is 2.91. The predicted octanol–water partition coefficient (Wildman–Crippen LogP) is -1.04. The van der Waals surface area contributed by atoms with Crippen LogP contribution in [0.3, 0.4) is 0 Å². The molecule has 0 saturated carbocycles. The van der Waals surface area contributed by atoms with Gasteiger partial charge in [0.15, 0.2) is 0 Å². The maximum atomic E-state index is 11.6. The van der Waals surface area contributed by atoms with Crippen molar-refractivity contribution in [3.05, 3.63) is 46.3 Å². The van der Waals surface area contributed by atoms with Crippen molar-refractivity contribution in [3.63, 3.8) is 0 Å². The second kappa shape index (κ2) is 5.24. The Morgan fingerprint density at radius 3 is 2.26 bits per heavy atom. The monoisotopic (exact) mass is 313 g/mol. The molecule has 0 fully saturated rings. The number of rotatable bonds is 3. The highest BCUT2D eigenvalue weighted by Crippen LogP contribution is 2.39. The zero-order valence-electron chi connectivity index (χ0n) is 12.2. The van der Waals surface area contributed by atoms with Crippen LogP contribution in [0.5, 0.6) is 0 Å². The average molecular weight is 313 g/mol. The van der Waals surface area contributed by atoms with Gasteiger partial charge in [-0.2, -0.15) is 0 Å². The van der Waals surface area contributed by atoms with Gasteiger partial charge in [-0.15, -0.1) is 0 Å². The molecule has 8 heteroatoms. The van der Waals surface area contributed by atoms with E-state index in [1.165, 1.54) is 13.8 Å². The van der Waals surface area contributed by atoms with Crippen LogP contribution in [-0.2, 0) is 9.59 Å². The number of carbonyl (C=O) groups excluding carboxylic acids is 2. The Morgan fingerprint density at radius 1 is 1.09 bits per heavy atom. The summed E-state index contributed by atoms with van der Waals surface area (Å²) in [6.45, 7) is 3.07. The van der Waals surface area contributed by atoms with Crippen molar-refractivity contribution >= 4 is 23.0 Å². The van der Waals surface area contributed by atoms with E-state index in [4.69, 9.17) is 0 Å². The summed E-state index contributed by atoms with van der Waals surface area (Å²) in [5.41, 5.74) is 1.25. The molecule has 2 heterocycles. The van der Waals surface area contributed by atoms with E-state index < -0.39 is 17.9 Å².